The second-order valence-corrected chi connectivity index (χ2v) is 18.7. The van der Waals surface area contributed by atoms with Crippen molar-refractivity contribution in [2.75, 3.05) is 26.4 Å². The maximum absolute atomic E-state index is 13.9. The third kappa shape index (κ3) is 4.03. The van der Waals surface area contributed by atoms with E-state index in [0.29, 0.717) is 68.2 Å². The molecule has 6 unspecified atom stereocenters. The van der Waals surface area contributed by atoms with Crippen molar-refractivity contribution in [3.8, 4) is 0 Å². The van der Waals surface area contributed by atoms with E-state index in [9.17, 15) is 19.2 Å². The van der Waals surface area contributed by atoms with E-state index in [1.165, 1.54) is 0 Å². The molecule has 6 atom stereocenters. The molecule has 0 radical (unpaired) electrons. The lowest BCUT2D eigenvalue weighted by molar-refractivity contribution is -0.387. The first-order valence-electron chi connectivity index (χ1n) is 18.5. The van der Waals surface area contributed by atoms with Gasteiger partial charge in [-0.05, 0) is 114 Å². The maximum Gasteiger partial charge on any atom is 0.312 e. The summed E-state index contributed by atoms with van der Waals surface area (Å²) in [7, 11) is 0. The van der Waals surface area contributed by atoms with E-state index < -0.39 is 22.0 Å². The van der Waals surface area contributed by atoms with Crippen LogP contribution < -0.4 is 5.73 Å². The predicted molar refractivity (Wildman–Crippen MR) is 161 cm³/mol. The SMILES string of the molecule is NC12CC3CC(C1)C1(OCC(COC(=O)C45CC6CC(C4)C(=O)C(C6)C5)(COC(=O)C45CC6CC(C4)C(=O)C(C6)C5)CO1)C(C3)C2. The number of rotatable bonds is 6. The van der Waals surface area contributed by atoms with Gasteiger partial charge < -0.3 is 24.7 Å². The molecule has 1 aliphatic heterocycles. The smallest absolute Gasteiger partial charge is 0.312 e. The highest BCUT2D eigenvalue weighted by Crippen LogP contribution is 2.63. The number of Topliss-reactive ketones (excluding diaryl/α,β-unsaturated/α-hetero) is 2. The van der Waals surface area contributed by atoms with Crippen molar-refractivity contribution in [2.45, 2.75) is 108 Å². The highest BCUT2D eigenvalue weighted by atomic mass is 16.7. The van der Waals surface area contributed by atoms with Crippen molar-refractivity contribution in [1.29, 1.82) is 0 Å². The largest absolute Gasteiger partial charge is 0.464 e. The molecule has 0 amide bonds. The normalized spacial score (nSPS) is 55.4. The van der Waals surface area contributed by atoms with Gasteiger partial charge in [-0.25, -0.2) is 0 Å². The fourth-order valence-corrected chi connectivity index (χ4v) is 14.0. The minimum absolute atomic E-state index is 0.00940. The first-order chi connectivity index (χ1) is 22.0. The molecule has 12 aliphatic carbocycles. The number of hydrogen-bond acceptors (Lipinski definition) is 9. The van der Waals surface area contributed by atoms with Crippen LogP contribution in [0.2, 0.25) is 0 Å². The van der Waals surface area contributed by atoms with Gasteiger partial charge >= 0.3 is 11.9 Å². The van der Waals surface area contributed by atoms with Crippen molar-refractivity contribution < 1.29 is 38.1 Å². The van der Waals surface area contributed by atoms with Crippen molar-refractivity contribution in [3.63, 3.8) is 0 Å². The second kappa shape index (κ2) is 9.44. The van der Waals surface area contributed by atoms with Crippen LogP contribution in [0.1, 0.15) is 96.3 Å². The molecule has 0 aromatic carbocycles. The molecule has 13 rings (SSSR count). The van der Waals surface area contributed by atoms with Crippen LogP contribution in [0.5, 0.6) is 0 Å². The summed E-state index contributed by atoms with van der Waals surface area (Å²) in [5.74, 6) is 1.57. The van der Waals surface area contributed by atoms with E-state index in [4.69, 9.17) is 24.7 Å². The Morgan fingerprint density at radius 2 is 1.02 bits per heavy atom. The molecule has 46 heavy (non-hydrogen) atoms. The van der Waals surface area contributed by atoms with Gasteiger partial charge in [-0.3, -0.25) is 19.2 Å². The van der Waals surface area contributed by atoms with Crippen LogP contribution in [0.25, 0.3) is 0 Å². The van der Waals surface area contributed by atoms with Crippen LogP contribution >= 0.6 is 0 Å². The second-order valence-electron chi connectivity index (χ2n) is 18.7. The standard InChI is InChI=1S/C37H49NO8/c38-36-9-22-5-27(14-36)37(28(6-22)15-36)45-18-33(19-46-37,16-43-31(41)34-7-20-1-23(10-34)29(39)24(2-20)11-34)17-44-32(42)35-8-21-3-25(12-35)30(40)26(4-21)13-35/h20-28H,1-19,38H2. The Morgan fingerprint density at radius 3 is 1.43 bits per heavy atom. The average molecular weight is 636 g/mol. The summed E-state index contributed by atoms with van der Waals surface area (Å²) in [6.07, 6.45) is 12.7. The molecule has 9 nitrogen and oxygen atoms in total. The van der Waals surface area contributed by atoms with Crippen LogP contribution in [0.4, 0.5) is 0 Å². The lowest BCUT2D eigenvalue weighted by Crippen LogP contribution is -2.70. The number of carbonyl (C=O) groups excluding carboxylic acids is 4. The van der Waals surface area contributed by atoms with Gasteiger partial charge in [0.15, 0.2) is 5.79 Å². The van der Waals surface area contributed by atoms with Gasteiger partial charge in [-0.15, -0.1) is 0 Å². The van der Waals surface area contributed by atoms with E-state index in [0.717, 1.165) is 70.6 Å². The van der Waals surface area contributed by atoms with Crippen LogP contribution in [0.3, 0.4) is 0 Å². The Morgan fingerprint density at radius 1 is 0.609 bits per heavy atom. The molecule has 1 spiro atoms. The Balaban J connectivity index is 0.881. The summed E-state index contributed by atoms with van der Waals surface area (Å²) in [6.45, 7) is 0.703. The molecule has 12 saturated carbocycles. The van der Waals surface area contributed by atoms with Gasteiger partial charge in [0, 0.05) is 41.0 Å². The van der Waals surface area contributed by atoms with E-state index in [-0.39, 0.29) is 66.2 Å². The number of nitrogens with two attached hydrogens (primary N) is 1. The van der Waals surface area contributed by atoms with Crippen molar-refractivity contribution >= 4 is 23.5 Å². The number of hydrogen-bond donors (Lipinski definition) is 1. The van der Waals surface area contributed by atoms with E-state index in [2.05, 4.69) is 0 Å². The quantitative estimate of drug-likeness (QED) is 0.428. The molecule has 2 N–H and O–H groups in total. The first-order valence-corrected chi connectivity index (χ1v) is 18.5. The van der Waals surface area contributed by atoms with Gasteiger partial charge in [-0.2, -0.15) is 0 Å². The van der Waals surface area contributed by atoms with Gasteiger partial charge in [0.05, 0.1) is 29.5 Å². The number of esters is 2. The zero-order valence-electron chi connectivity index (χ0n) is 27.0. The molecule has 12 bridgehead atoms. The first kappa shape index (κ1) is 29.1. The Hall–Kier alpha value is -1.84. The zero-order chi connectivity index (χ0) is 31.3. The summed E-state index contributed by atoms with van der Waals surface area (Å²) in [5.41, 5.74) is 4.72. The molecular weight excluding hydrogens is 586 g/mol. The third-order valence-electron chi connectivity index (χ3n) is 15.5. The molecule has 0 aromatic rings. The summed E-state index contributed by atoms with van der Waals surface area (Å²) < 4.78 is 26.2. The summed E-state index contributed by atoms with van der Waals surface area (Å²) in [6, 6.07) is 0. The van der Waals surface area contributed by atoms with Crippen LogP contribution in [-0.4, -0.2) is 61.3 Å². The van der Waals surface area contributed by atoms with Crippen molar-refractivity contribution in [3.05, 3.63) is 0 Å². The lowest BCUT2D eigenvalue weighted by Gasteiger charge is -2.65. The Labute approximate surface area is 270 Å². The molecule has 9 heteroatoms. The molecule has 1 saturated heterocycles. The van der Waals surface area contributed by atoms with Gasteiger partial charge in [0.25, 0.3) is 0 Å². The molecule has 13 fully saturated rings. The lowest BCUT2D eigenvalue weighted by atomic mass is 9.49. The molecule has 1 heterocycles. The van der Waals surface area contributed by atoms with Crippen molar-refractivity contribution in [2.24, 2.45) is 75.2 Å². The minimum Gasteiger partial charge on any atom is -0.464 e. The predicted octanol–water partition coefficient (Wildman–Crippen LogP) is 4.13. The van der Waals surface area contributed by atoms with E-state index in [1.807, 2.05) is 0 Å². The van der Waals surface area contributed by atoms with Crippen LogP contribution in [0, 0.1) is 69.5 Å². The fraction of sp³-hybridized carbons (Fsp3) is 0.892. The topological polar surface area (TPSA) is 131 Å². The molecule has 0 aromatic heterocycles. The van der Waals surface area contributed by atoms with Gasteiger partial charge in [-0.1, -0.05) is 0 Å². The fourth-order valence-electron chi connectivity index (χ4n) is 14.0. The van der Waals surface area contributed by atoms with Crippen LogP contribution in [-0.2, 0) is 38.1 Å². The van der Waals surface area contributed by atoms with Gasteiger partial charge in [0.1, 0.15) is 24.8 Å². The third-order valence-corrected chi connectivity index (χ3v) is 15.5. The maximum atomic E-state index is 13.9. The average Bonchev–Trinajstić information content (AvgIpc) is 3.02. The molecular formula is C37H49NO8. The monoisotopic (exact) mass is 635 g/mol. The summed E-state index contributed by atoms with van der Waals surface area (Å²) in [4.78, 5) is 53.5. The van der Waals surface area contributed by atoms with Crippen LogP contribution in [0.15, 0.2) is 0 Å². The van der Waals surface area contributed by atoms with E-state index >= 15 is 0 Å². The molecule has 250 valence electrons. The number of ether oxygens (including phenoxy) is 4. The zero-order valence-corrected chi connectivity index (χ0v) is 27.0. The van der Waals surface area contributed by atoms with Gasteiger partial charge in [0.2, 0.25) is 0 Å². The van der Waals surface area contributed by atoms with E-state index in [1.54, 1.807) is 0 Å². The summed E-state index contributed by atoms with van der Waals surface area (Å²) in [5, 5.41) is 0. The van der Waals surface area contributed by atoms with Crippen molar-refractivity contribution in [1.82, 2.24) is 0 Å². The highest BCUT2D eigenvalue weighted by molar-refractivity contribution is 5.90. The summed E-state index contributed by atoms with van der Waals surface area (Å²) >= 11 is 0. The minimum atomic E-state index is -0.818. The number of carbonyl (C=O) groups is 4. The molecule has 13 aliphatic rings. The Bertz CT molecular complexity index is 1270. The Kier molecular flexibility index (Phi) is 5.97. The highest BCUT2D eigenvalue weighted by Gasteiger charge is 2.66. The number of ketones is 2.